The molecule has 0 heterocycles. The van der Waals surface area contributed by atoms with Gasteiger partial charge in [0.25, 0.3) is 0 Å². The van der Waals surface area contributed by atoms with Crippen molar-refractivity contribution in [3.05, 3.63) is 0 Å². The summed E-state index contributed by atoms with van der Waals surface area (Å²) in [5.41, 5.74) is 2.76. The lowest BCUT2D eigenvalue weighted by molar-refractivity contribution is -0.114. The van der Waals surface area contributed by atoms with E-state index in [9.17, 15) is 0 Å². The van der Waals surface area contributed by atoms with Crippen LogP contribution < -0.4 is 11.3 Å². The smallest absolute Gasteiger partial charge is 0.0873 e. The Morgan fingerprint density at radius 1 is 1.41 bits per heavy atom. The Bertz CT molecular complexity index is 210. The maximum atomic E-state index is 6.07. The summed E-state index contributed by atoms with van der Waals surface area (Å²) in [5.74, 6) is 6.40. The highest BCUT2D eigenvalue weighted by Gasteiger charge is 2.42. The molecule has 17 heavy (non-hydrogen) atoms. The van der Waals surface area contributed by atoms with Gasteiger partial charge in [-0.25, -0.2) is 0 Å². The standard InChI is InChI=1S/C13H28N2O2/c1-4-16-10-12(15-14)13(17-5-2)8-6-7-11(3)9-13/h11-12,15H,4-10,14H2,1-3H3. The fraction of sp³-hybridized carbons (Fsp3) is 1.00. The van der Waals surface area contributed by atoms with E-state index in [0.29, 0.717) is 12.5 Å². The number of hydrogen-bond donors (Lipinski definition) is 2. The summed E-state index contributed by atoms with van der Waals surface area (Å²) in [6.07, 6.45) is 4.65. The third-order valence-corrected chi connectivity index (χ3v) is 3.75. The Kier molecular flexibility index (Phi) is 6.41. The summed E-state index contributed by atoms with van der Waals surface area (Å²) in [5, 5.41) is 0. The van der Waals surface area contributed by atoms with Gasteiger partial charge < -0.3 is 9.47 Å². The Morgan fingerprint density at radius 3 is 2.71 bits per heavy atom. The summed E-state index contributed by atoms with van der Waals surface area (Å²) in [6, 6.07) is 0.0881. The monoisotopic (exact) mass is 244 g/mol. The van der Waals surface area contributed by atoms with Crippen LogP contribution in [0.5, 0.6) is 0 Å². The molecule has 0 spiro atoms. The SMILES string of the molecule is CCOCC(NN)C1(OCC)CCCC(C)C1. The van der Waals surface area contributed by atoms with Crippen molar-refractivity contribution < 1.29 is 9.47 Å². The summed E-state index contributed by atoms with van der Waals surface area (Å²) in [4.78, 5) is 0. The lowest BCUT2D eigenvalue weighted by atomic mass is 9.75. The first-order chi connectivity index (χ1) is 8.18. The molecule has 4 heteroatoms. The predicted molar refractivity (Wildman–Crippen MR) is 69.6 cm³/mol. The molecule has 0 aromatic rings. The van der Waals surface area contributed by atoms with Crippen molar-refractivity contribution in [1.82, 2.24) is 5.43 Å². The highest BCUT2D eigenvalue weighted by atomic mass is 16.5. The van der Waals surface area contributed by atoms with Crippen LogP contribution in [0.4, 0.5) is 0 Å². The fourth-order valence-corrected chi connectivity index (χ4v) is 2.97. The van der Waals surface area contributed by atoms with E-state index in [-0.39, 0.29) is 11.6 Å². The second kappa shape index (κ2) is 7.31. The van der Waals surface area contributed by atoms with E-state index in [4.69, 9.17) is 15.3 Å². The van der Waals surface area contributed by atoms with Crippen LogP contribution in [0.3, 0.4) is 0 Å². The Hall–Kier alpha value is -0.160. The van der Waals surface area contributed by atoms with Gasteiger partial charge in [-0.1, -0.05) is 19.8 Å². The van der Waals surface area contributed by atoms with Gasteiger partial charge in [-0.3, -0.25) is 11.3 Å². The molecule has 0 bridgehead atoms. The van der Waals surface area contributed by atoms with Crippen LogP contribution in [0.1, 0.15) is 46.5 Å². The molecule has 1 fully saturated rings. The van der Waals surface area contributed by atoms with Gasteiger partial charge >= 0.3 is 0 Å². The zero-order valence-corrected chi connectivity index (χ0v) is 11.5. The van der Waals surface area contributed by atoms with Crippen molar-refractivity contribution in [2.75, 3.05) is 19.8 Å². The second-order valence-corrected chi connectivity index (χ2v) is 5.08. The Labute approximate surface area is 105 Å². The van der Waals surface area contributed by atoms with Crippen LogP contribution in [0.25, 0.3) is 0 Å². The highest BCUT2D eigenvalue weighted by Crippen LogP contribution is 2.37. The molecule has 0 amide bonds. The zero-order valence-electron chi connectivity index (χ0n) is 11.5. The number of hydrogen-bond acceptors (Lipinski definition) is 4. The number of hydrazine groups is 1. The minimum absolute atomic E-state index is 0.0881. The van der Waals surface area contributed by atoms with E-state index >= 15 is 0 Å². The Balaban J connectivity index is 2.72. The summed E-state index contributed by atoms with van der Waals surface area (Å²) in [7, 11) is 0. The van der Waals surface area contributed by atoms with Gasteiger partial charge in [0.1, 0.15) is 0 Å². The first-order valence-corrected chi connectivity index (χ1v) is 6.86. The average molecular weight is 244 g/mol. The van der Waals surface area contributed by atoms with E-state index in [1.807, 2.05) is 6.92 Å². The van der Waals surface area contributed by atoms with Crippen molar-refractivity contribution >= 4 is 0 Å². The van der Waals surface area contributed by atoms with Crippen LogP contribution in [0, 0.1) is 5.92 Å². The van der Waals surface area contributed by atoms with Crippen LogP contribution in [-0.4, -0.2) is 31.5 Å². The summed E-state index contributed by atoms with van der Waals surface area (Å²) < 4.78 is 11.6. The lowest BCUT2D eigenvalue weighted by Crippen LogP contribution is -2.59. The predicted octanol–water partition coefficient (Wildman–Crippen LogP) is 1.84. The van der Waals surface area contributed by atoms with Crippen molar-refractivity contribution in [2.24, 2.45) is 11.8 Å². The average Bonchev–Trinajstić information content (AvgIpc) is 2.30. The molecule has 0 saturated heterocycles. The number of nitrogens with two attached hydrogens (primary N) is 1. The molecule has 102 valence electrons. The zero-order chi connectivity index (χ0) is 12.7. The number of ether oxygens (including phenoxy) is 2. The van der Waals surface area contributed by atoms with Gasteiger partial charge in [0.2, 0.25) is 0 Å². The normalized spacial score (nSPS) is 31.4. The van der Waals surface area contributed by atoms with E-state index in [1.54, 1.807) is 0 Å². The van der Waals surface area contributed by atoms with E-state index < -0.39 is 0 Å². The Morgan fingerprint density at radius 2 is 2.18 bits per heavy atom. The van der Waals surface area contributed by atoms with Crippen LogP contribution in [0.15, 0.2) is 0 Å². The molecule has 1 aliphatic carbocycles. The van der Waals surface area contributed by atoms with Crippen LogP contribution in [-0.2, 0) is 9.47 Å². The van der Waals surface area contributed by atoms with Crippen molar-refractivity contribution in [3.63, 3.8) is 0 Å². The molecule has 3 unspecified atom stereocenters. The molecule has 1 rings (SSSR count). The molecular formula is C13H28N2O2. The van der Waals surface area contributed by atoms with Gasteiger partial charge in [-0.2, -0.15) is 0 Å². The van der Waals surface area contributed by atoms with Gasteiger partial charge in [0.05, 0.1) is 18.2 Å². The second-order valence-electron chi connectivity index (χ2n) is 5.08. The molecule has 0 aliphatic heterocycles. The third-order valence-electron chi connectivity index (χ3n) is 3.75. The van der Waals surface area contributed by atoms with Crippen LogP contribution in [0.2, 0.25) is 0 Å². The molecule has 0 radical (unpaired) electrons. The molecule has 0 aromatic carbocycles. The van der Waals surface area contributed by atoms with Gasteiger partial charge in [-0.15, -0.1) is 0 Å². The van der Waals surface area contributed by atoms with Crippen molar-refractivity contribution in [2.45, 2.75) is 58.1 Å². The van der Waals surface area contributed by atoms with Gasteiger partial charge in [0, 0.05) is 13.2 Å². The number of rotatable bonds is 7. The molecule has 1 saturated carbocycles. The summed E-state index contributed by atoms with van der Waals surface area (Å²) in [6.45, 7) is 8.42. The lowest BCUT2D eigenvalue weighted by Gasteiger charge is -2.44. The highest BCUT2D eigenvalue weighted by molar-refractivity contribution is 4.96. The van der Waals surface area contributed by atoms with Crippen LogP contribution >= 0.6 is 0 Å². The molecule has 0 aromatic heterocycles. The number of nitrogens with one attached hydrogen (secondary N) is 1. The summed E-state index contributed by atoms with van der Waals surface area (Å²) >= 11 is 0. The molecule has 1 aliphatic rings. The first kappa shape index (κ1) is 14.9. The maximum absolute atomic E-state index is 6.07. The maximum Gasteiger partial charge on any atom is 0.0873 e. The van der Waals surface area contributed by atoms with Gasteiger partial charge in [-0.05, 0) is 32.6 Å². The third kappa shape index (κ3) is 3.91. The van der Waals surface area contributed by atoms with E-state index in [2.05, 4.69) is 19.3 Å². The van der Waals surface area contributed by atoms with E-state index in [0.717, 1.165) is 26.1 Å². The van der Waals surface area contributed by atoms with Crippen molar-refractivity contribution in [3.8, 4) is 0 Å². The quantitative estimate of drug-likeness (QED) is 0.530. The first-order valence-electron chi connectivity index (χ1n) is 6.86. The minimum Gasteiger partial charge on any atom is -0.380 e. The topological polar surface area (TPSA) is 56.5 Å². The van der Waals surface area contributed by atoms with Gasteiger partial charge in [0.15, 0.2) is 0 Å². The molecular weight excluding hydrogens is 216 g/mol. The molecule has 4 nitrogen and oxygen atoms in total. The largest absolute Gasteiger partial charge is 0.380 e. The molecule has 3 N–H and O–H groups in total. The fourth-order valence-electron chi connectivity index (χ4n) is 2.97. The minimum atomic E-state index is -0.143. The van der Waals surface area contributed by atoms with E-state index in [1.165, 1.54) is 12.8 Å². The van der Waals surface area contributed by atoms with Crippen molar-refractivity contribution in [1.29, 1.82) is 0 Å². The molecule has 3 atom stereocenters.